The van der Waals surface area contributed by atoms with Crippen LogP contribution >= 0.6 is 27.5 Å². The lowest BCUT2D eigenvalue weighted by Gasteiger charge is -2.12. The van der Waals surface area contributed by atoms with Gasteiger partial charge in [0.25, 0.3) is 0 Å². The van der Waals surface area contributed by atoms with Crippen molar-refractivity contribution in [1.29, 1.82) is 0 Å². The first-order valence-corrected chi connectivity index (χ1v) is 10.3. The summed E-state index contributed by atoms with van der Waals surface area (Å²) >= 11 is 4.99. The summed E-state index contributed by atoms with van der Waals surface area (Å²) in [5.74, 6) is 0.819. The van der Waals surface area contributed by atoms with E-state index in [9.17, 15) is 0 Å². The van der Waals surface area contributed by atoms with Crippen molar-refractivity contribution in [1.82, 2.24) is 9.27 Å². The highest BCUT2D eigenvalue weighted by atomic mass is 79.9. The van der Waals surface area contributed by atoms with E-state index in [-0.39, 0.29) is 0 Å². The fraction of sp³-hybridized carbons (Fsp3) is 0.238. The molecule has 0 N–H and O–H groups in total. The van der Waals surface area contributed by atoms with E-state index in [2.05, 4.69) is 38.3 Å². The molecule has 3 rings (SSSR count). The highest BCUT2D eigenvalue weighted by Crippen LogP contribution is 2.42. The summed E-state index contributed by atoms with van der Waals surface area (Å²) < 4.78 is 11.6. The highest BCUT2D eigenvalue weighted by molar-refractivity contribution is 9.10. The second-order valence-corrected chi connectivity index (χ2v) is 7.85. The molecule has 1 aromatic heterocycles. The average Bonchev–Trinajstić information content (AvgIpc) is 3.04. The number of hydrogen-bond donors (Lipinski definition) is 0. The molecule has 0 fully saturated rings. The first-order chi connectivity index (χ1) is 13.0. The van der Waals surface area contributed by atoms with Gasteiger partial charge in [0.2, 0.25) is 5.06 Å². The van der Waals surface area contributed by atoms with Crippen LogP contribution in [0.1, 0.15) is 18.1 Å². The van der Waals surface area contributed by atoms with Crippen LogP contribution in [0.3, 0.4) is 0 Å². The van der Waals surface area contributed by atoms with E-state index in [1.54, 1.807) is 0 Å². The van der Waals surface area contributed by atoms with E-state index in [1.807, 2.05) is 68.5 Å². The van der Waals surface area contributed by atoms with Gasteiger partial charge in [-0.1, -0.05) is 30.3 Å². The molecule has 4 nitrogen and oxygen atoms in total. The van der Waals surface area contributed by atoms with Crippen molar-refractivity contribution in [3.8, 4) is 22.1 Å². The van der Waals surface area contributed by atoms with Gasteiger partial charge in [-0.05, 0) is 60.0 Å². The van der Waals surface area contributed by atoms with Crippen LogP contribution < -0.4 is 4.74 Å². The standard InChI is InChI=1S/C21H22BrN3OS/c1-5-25(4)13-23-17-11-15(3)18(12-14(17)2)26-21-19(22)20(24-27-21)16-9-7-6-8-10-16/h6-13H,5H2,1-4H3. The summed E-state index contributed by atoms with van der Waals surface area (Å²) in [6.45, 7) is 7.09. The summed E-state index contributed by atoms with van der Waals surface area (Å²) in [5, 5.41) is 0.748. The van der Waals surface area contributed by atoms with E-state index in [0.29, 0.717) is 0 Å². The molecule has 6 heteroatoms. The second kappa shape index (κ2) is 8.67. The van der Waals surface area contributed by atoms with Crippen molar-refractivity contribution in [2.75, 3.05) is 13.6 Å². The van der Waals surface area contributed by atoms with E-state index in [1.165, 1.54) is 11.5 Å². The summed E-state index contributed by atoms with van der Waals surface area (Å²) in [6, 6.07) is 14.2. The fourth-order valence-corrected chi connectivity index (χ4v) is 3.88. The molecular weight excluding hydrogens is 422 g/mol. The minimum atomic E-state index is 0.748. The first-order valence-electron chi connectivity index (χ1n) is 8.73. The Morgan fingerprint density at radius 3 is 2.63 bits per heavy atom. The normalized spacial score (nSPS) is 11.1. The molecular formula is C21H22BrN3OS. The van der Waals surface area contributed by atoms with Gasteiger partial charge in [0.15, 0.2) is 0 Å². The molecule has 1 heterocycles. The Hall–Kier alpha value is -2.18. The van der Waals surface area contributed by atoms with Crippen LogP contribution in [0.25, 0.3) is 11.3 Å². The third kappa shape index (κ3) is 4.57. The molecule has 27 heavy (non-hydrogen) atoms. The number of aliphatic imine (C=N–C) groups is 1. The minimum absolute atomic E-state index is 0.748. The summed E-state index contributed by atoms with van der Waals surface area (Å²) in [5.41, 5.74) is 5.02. The van der Waals surface area contributed by atoms with Gasteiger partial charge >= 0.3 is 0 Å². The maximum Gasteiger partial charge on any atom is 0.214 e. The van der Waals surface area contributed by atoms with Gasteiger partial charge in [0, 0.05) is 30.7 Å². The van der Waals surface area contributed by atoms with Crippen LogP contribution in [0.4, 0.5) is 5.69 Å². The maximum atomic E-state index is 6.17. The molecule has 3 aromatic rings. The summed E-state index contributed by atoms with van der Waals surface area (Å²) in [4.78, 5) is 6.61. The van der Waals surface area contributed by atoms with E-state index >= 15 is 0 Å². The third-order valence-corrected chi connectivity index (χ3v) is 5.97. The predicted molar refractivity (Wildman–Crippen MR) is 118 cm³/mol. The fourth-order valence-electron chi connectivity index (χ4n) is 2.47. The Kier molecular flexibility index (Phi) is 6.29. The van der Waals surface area contributed by atoms with E-state index in [0.717, 1.165) is 49.9 Å². The molecule has 0 saturated carbocycles. The average molecular weight is 444 g/mol. The Morgan fingerprint density at radius 1 is 1.19 bits per heavy atom. The van der Waals surface area contributed by atoms with Crippen molar-refractivity contribution < 1.29 is 4.74 Å². The maximum absolute atomic E-state index is 6.17. The quantitative estimate of drug-likeness (QED) is 0.318. The van der Waals surface area contributed by atoms with Crippen LogP contribution in [0.15, 0.2) is 51.9 Å². The smallest absolute Gasteiger partial charge is 0.214 e. The lowest BCUT2D eigenvalue weighted by molar-refractivity contribution is 0.489. The molecule has 0 aliphatic heterocycles. The van der Waals surface area contributed by atoms with Crippen molar-refractivity contribution >= 4 is 39.5 Å². The molecule has 0 bridgehead atoms. The van der Waals surface area contributed by atoms with E-state index < -0.39 is 0 Å². The molecule has 0 aliphatic rings. The SMILES string of the molecule is CCN(C)C=Nc1cc(C)c(Oc2snc(-c3ccccc3)c2Br)cc1C. The molecule has 0 atom stereocenters. The minimum Gasteiger partial charge on any atom is -0.444 e. The number of ether oxygens (including phenoxy) is 1. The molecule has 140 valence electrons. The highest BCUT2D eigenvalue weighted by Gasteiger charge is 2.16. The monoisotopic (exact) mass is 443 g/mol. The van der Waals surface area contributed by atoms with Gasteiger partial charge in [0.1, 0.15) is 11.4 Å². The van der Waals surface area contributed by atoms with Gasteiger partial charge in [-0.2, -0.15) is 4.37 Å². The summed E-state index contributed by atoms with van der Waals surface area (Å²) in [6.07, 6.45) is 1.86. The zero-order chi connectivity index (χ0) is 19.4. The molecule has 0 radical (unpaired) electrons. The van der Waals surface area contributed by atoms with E-state index in [4.69, 9.17) is 4.74 Å². The topological polar surface area (TPSA) is 37.7 Å². The largest absolute Gasteiger partial charge is 0.444 e. The Balaban J connectivity index is 1.85. The number of aromatic nitrogens is 1. The summed E-state index contributed by atoms with van der Waals surface area (Å²) in [7, 11) is 2.01. The number of rotatable bonds is 6. The van der Waals surface area contributed by atoms with Crippen LogP contribution in [-0.2, 0) is 0 Å². The van der Waals surface area contributed by atoms with Crippen LogP contribution in [0, 0.1) is 13.8 Å². The number of benzene rings is 2. The number of nitrogens with zero attached hydrogens (tertiary/aromatic N) is 3. The Labute approximate surface area is 172 Å². The van der Waals surface area contributed by atoms with Gasteiger partial charge in [-0.15, -0.1) is 0 Å². The molecule has 0 aliphatic carbocycles. The van der Waals surface area contributed by atoms with Crippen LogP contribution in [0.5, 0.6) is 10.8 Å². The van der Waals surface area contributed by atoms with Crippen molar-refractivity contribution in [2.45, 2.75) is 20.8 Å². The van der Waals surface area contributed by atoms with Crippen LogP contribution in [-0.4, -0.2) is 29.2 Å². The zero-order valence-corrected chi connectivity index (χ0v) is 18.3. The first kappa shape index (κ1) is 19.6. The second-order valence-electron chi connectivity index (χ2n) is 6.32. The van der Waals surface area contributed by atoms with Crippen LogP contribution in [0.2, 0.25) is 0 Å². The Morgan fingerprint density at radius 2 is 1.93 bits per heavy atom. The van der Waals surface area contributed by atoms with Crippen molar-refractivity contribution in [2.24, 2.45) is 4.99 Å². The number of aryl methyl sites for hydroxylation is 2. The zero-order valence-electron chi connectivity index (χ0n) is 15.9. The van der Waals surface area contributed by atoms with Gasteiger partial charge in [0.05, 0.1) is 16.5 Å². The molecule has 0 amide bonds. The third-order valence-electron chi connectivity index (χ3n) is 4.24. The molecule has 0 spiro atoms. The van der Waals surface area contributed by atoms with Crippen molar-refractivity contribution in [3.63, 3.8) is 0 Å². The number of hydrogen-bond acceptors (Lipinski definition) is 4. The Bertz CT molecular complexity index is 954. The molecule has 0 saturated heterocycles. The lowest BCUT2D eigenvalue weighted by Crippen LogP contribution is -2.14. The predicted octanol–water partition coefficient (Wildman–Crippen LogP) is 6.59. The number of halogens is 1. The lowest BCUT2D eigenvalue weighted by atomic mass is 10.1. The molecule has 0 unspecified atom stereocenters. The van der Waals surface area contributed by atoms with Crippen molar-refractivity contribution in [3.05, 3.63) is 58.1 Å². The molecule has 2 aromatic carbocycles. The van der Waals surface area contributed by atoms with Gasteiger partial charge in [-0.25, -0.2) is 4.99 Å². The van der Waals surface area contributed by atoms with Gasteiger partial charge in [-0.3, -0.25) is 0 Å². The van der Waals surface area contributed by atoms with Gasteiger partial charge < -0.3 is 9.64 Å².